The standard InChI is InChI=1S/C29H37F2NO.C6H9NO2.C2H6/c1-7-21-17-23(13-16-25(21)27(33)18(2)3)26(20(6)22-11-9-8-10-12-22)32-28(19(4)5)29(30,31)24-14-15-24;1-4-2-3-5(8)7-6(4)9;1-2/h8-13,16-19,24,28,32H,7,14-15H2,1-6H3;4H,2-3H2,1H3,(H,7,8,9);1-2H3/b26-20+;;. The fourth-order valence-electron chi connectivity index (χ4n) is 5.22. The van der Waals surface area contributed by atoms with Crippen molar-refractivity contribution < 1.29 is 23.2 Å². The largest absolute Gasteiger partial charge is 0.375 e. The summed E-state index contributed by atoms with van der Waals surface area (Å²) in [7, 11) is 0. The number of benzene rings is 2. The van der Waals surface area contributed by atoms with Gasteiger partial charge < -0.3 is 5.32 Å². The van der Waals surface area contributed by atoms with Crippen molar-refractivity contribution in [2.75, 3.05) is 0 Å². The van der Waals surface area contributed by atoms with E-state index in [2.05, 4.69) is 10.6 Å². The molecule has 1 saturated carbocycles. The lowest BCUT2D eigenvalue weighted by Crippen LogP contribution is -2.49. The molecule has 44 heavy (non-hydrogen) atoms. The van der Waals surface area contributed by atoms with Crippen LogP contribution in [0.15, 0.2) is 48.5 Å². The third-order valence-electron chi connectivity index (χ3n) is 8.16. The van der Waals surface area contributed by atoms with Crippen molar-refractivity contribution in [2.45, 2.75) is 106 Å². The van der Waals surface area contributed by atoms with Crippen LogP contribution in [-0.4, -0.2) is 29.6 Å². The fraction of sp³-hybridized carbons (Fsp3) is 0.541. The first-order valence-electron chi connectivity index (χ1n) is 16.2. The molecule has 2 unspecified atom stereocenters. The summed E-state index contributed by atoms with van der Waals surface area (Å²) in [4.78, 5) is 33.9. The molecule has 0 bridgehead atoms. The van der Waals surface area contributed by atoms with E-state index in [4.69, 9.17) is 0 Å². The predicted octanol–water partition coefficient (Wildman–Crippen LogP) is 8.72. The molecule has 1 heterocycles. The first-order valence-corrected chi connectivity index (χ1v) is 16.2. The maximum absolute atomic E-state index is 15.3. The number of aryl methyl sites for hydroxylation is 1. The summed E-state index contributed by atoms with van der Waals surface area (Å²) < 4.78 is 30.7. The van der Waals surface area contributed by atoms with Gasteiger partial charge in [0.2, 0.25) is 11.8 Å². The molecule has 7 heteroatoms. The van der Waals surface area contributed by atoms with Crippen LogP contribution >= 0.6 is 0 Å². The number of hydrogen-bond donors (Lipinski definition) is 2. The van der Waals surface area contributed by atoms with Crippen LogP contribution in [0.2, 0.25) is 0 Å². The lowest BCUT2D eigenvalue weighted by Gasteiger charge is -2.33. The van der Waals surface area contributed by atoms with Crippen LogP contribution in [0.1, 0.15) is 115 Å². The number of nitrogens with one attached hydrogen (secondary N) is 2. The van der Waals surface area contributed by atoms with Crippen LogP contribution in [0.25, 0.3) is 11.3 Å². The van der Waals surface area contributed by atoms with Gasteiger partial charge in [-0.3, -0.25) is 19.7 Å². The second-order valence-corrected chi connectivity index (χ2v) is 12.3. The number of alkyl halides is 2. The third-order valence-corrected chi connectivity index (χ3v) is 8.16. The van der Waals surface area contributed by atoms with Crippen LogP contribution in [0.5, 0.6) is 0 Å². The summed E-state index contributed by atoms with van der Waals surface area (Å²) in [6, 6.07) is 14.6. The number of carbonyl (C=O) groups is 3. The molecule has 2 N–H and O–H groups in total. The number of amides is 2. The van der Waals surface area contributed by atoms with Crippen LogP contribution < -0.4 is 10.6 Å². The summed E-state index contributed by atoms with van der Waals surface area (Å²) in [5, 5.41) is 5.55. The molecule has 2 aromatic rings. The summed E-state index contributed by atoms with van der Waals surface area (Å²) in [5.74, 6) is -3.82. The average molecular weight is 611 g/mol. The number of halogens is 2. The zero-order valence-electron chi connectivity index (χ0n) is 28.0. The van der Waals surface area contributed by atoms with Gasteiger partial charge in [0.25, 0.3) is 5.92 Å². The fourth-order valence-corrected chi connectivity index (χ4v) is 5.22. The number of Topliss-reactive ketones (excluding diaryl/α,β-unsaturated/α-hetero) is 1. The minimum atomic E-state index is -2.78. The molecule has 4 rings (SSSR count). The molecule has 2 fully saturated rings. The van der Waals surface area contributed by atoms with Gasteiger partial charge >= 0.3 is 0 Å². The van der Waals surface area contributed by atoms with Crippen molar-refractivity contribution in [3.63, 3.8) is 0 Å². The van der Waals surface area contributed by atoms with Gasteiger partial charge in [0.05, 0.1) is 6.04 Å². The van der Waals surface area contributed by atoms with Gasteiger partial charge in [0.15, 0.2) is 5.78 Å². The van der Waals surface area contributed by atoms with Crippen molar-refractivity contribution in [1.29, 1.82) is 0 Å². The summed E-state index contributed by atoms with van der Waals surface area (Å²) in [6.45, 7) is 17.3. The Morgan fingerprint density at radius 2 is 1.59 bits per heavy atom. The second kappa shape index (κ2) is 16.6. The van der Waals surface area contributed by atoms with Crippen molar-refractivity contribution >= 4 is 28.9 Å². The minimum absolute atomic E-state index is 0.0164. The maximum Gasteiger partial charge on any atom is 0.270 e. The van der Waals surface area contributed by atoms with Gasteiger partial charge in [0.1, 0.15) is 0 Å². The number of allylic oxidation sites excluding steroid dienone is 1. The van der Waals surface area contributed by atoms with Gasteiger partial charge in [0, 0.05) is 35.4 Å². The number of imide groups is 1. The Kier molecular flexibility index (Phi) is 13.9. The molecular weight excluding hydrogens is 558 g/mol. The van der Waals surface area contributed by atoms with E-state index in [1.165, 1.54) is 0 Å². The summed E-state index contributed by atoms with van der Waals surface area (Å²) >= 11 is 0. The van der Waals surface area contributed by atoms with Crippen molar-refractivity contribution in [2.24, 2.45) is 23.7 Å². The quantitative estimate of drug-likeness (QED) is 0.160. The monoisotopic (exact) mass is 610 g/mol. The van der Waals surface area contributed by atoms with Crippen molar-refractivity contribution in [3.8, 4) is 0 Å². The van der Waals surface area contributed by atoms with E-state index in [1.54, 1.807) is 0 Å². The van der Waals surface area contributed by atoms with Crippen LogP contribution in [0.4, 0.5) is 8.78 Å². The predicted molar refractivity (Wildman–Crippen MR) is 176 cm³/mol. The Bertz CT molecular complexity index is 1300. The first kappa shape index (κ1) is 36.8. The topological polar surface area (TPSA) is 75.3 Å². The highest BCUT2D eigenvalue weighted by atomic mass is 19.3. The van der Waals surface area contributed by atoms with Gasteiger partial charge in [-0.25, -0.2) is 8.78 Å². The number of carbonyl (C=O) groups excluding carboxylic acids is 3. The average Bonchev–Trinajstić information content (AvgIpc) is 3.87. The van der Waals surface area contributed by atoms with Crippen LogP contribution in [0, 0.1) is 23.7 Å². The molecule has 2 amide bonds. The molecule has 0 aromatic heterocycles. The van der Waals surface area contributed by atoms with E-state index in [1.807, 2.05) is 111 Å². The molecule has 0 spiro atoms. The SMILES string of the molecule is CC.CC1CCC(=O)NC1=O.CCc1cc(/C(NC(C(C)C)C(F)(F)C2CC2)=C(/C)c2ccccc2)ccc1C(=O)C(C)C. The lowest BCUT2D eigenvalue weighted by molar-refractivity contribution is -0.135. The Hall–Kier alpha value is -3.35. The lowest BCUT2D eigenvalue weighted by atomic mass is 9.89. The Balaban J connectivity index is 0.000000519. The minimum Gasteiger partial charge on any atom is -0.375 e. The highest BCUT2D eigenvalue weighted by Crippen LogP contribution is 2.47. The Morgan fingerprint density at radius 1 is 0.977 bits per heavy atom. The van der Waals surface area contributed by atoms with E-state index in [9.17, 15) is 14.4 Å². The first-order chi connectivity index (χ1) is 20.8. The highest BCUT2D eigenvalue weighted by Gasteiger charge is 2.53. The van der Waals surface area contributed by atoms with Gasteiger partial charge in [-0.05, 0) is 66.9 Å². The maximum atomic E-state index is 15.3. The van der Waals surface area contributed by atoms with E-state index in [-0.39, 0.29) is 35.4 Å². The molecule has 2 aliphatic rings. The highest BCUT2D eigenvalue weighted by molar-refractivity contribution is 6.00. The van der Waals surface area contributed by atoms with E-state index < -0.39 is 17.9 Å². The van der Waals surface area contributed by atoms with Gasteiger partial charge in [-0.2, -0.15) is 0 Å². The second-order valence-electron chi connectivity index (χ2n) is 12.3. The van der Waals surface area contributed by atoms with Crippen LogP contribution in [-0.2, 0) is 16.0 Å². The molecule has 1 saturated heterocycles. The Morgan fingerprint density at radius 3 is 2.07 bits per heavy atom. The van der Waals surface area contributed by atoms with Crippen LogP contribution in [0.3, 0.4) is 0 Å². The van der Waals surface area contributed by atoms with Crippen molar-refractivity contribution in [3.05, 3.63) is 70.8 Å². The van der Waals surface area contributed by atoms with E-state index in [0.717, 1.165) is 27.8 Å². The molecule has 0 radical (unpaired) electrons. The molecular formula is C37H52F2N2O3. The number of ketones is 1. The molecule has 242 valence electrons. The van der Waals surface area contributed by atoms with E-state index >= 15 is 8.78 Å². The zero-order chi connectivity index (χ0) is 33.2. The van der Waals surface area contributed by atoms with E-state index in [0.29, 0.717) is 37.8 Å². The molecule has 1 aliphatic heterocycles. The third kappa shape index (κ3) is 9.57. The normalized spacial score (nSPS) is 17.9. The molecule has 1 aliphatic carbocycles. The van der Waals surface area contributed by atoms with Crippen molar-refractivity contribution in [1.82, 2.24) is 10.6 Å². The number of rotatable bonds is 10. The Labute approximate surface area is 263 Å². The van der Waals surface area contributed by atoms with Gasteiger partial charge in [-0.1, -0.05) is 97.9 Å². The number of piperidine rings is 1. The number of hydrogen-bond acceptors (Lipinski definition) is 4. The molecule has 5 nitrogen and oxygen atoms in total. The molecule has 2 atom stereocenters. The smallest absolute Gasteiger partial charge is 0.270 e. The van der Waals surface area contributed by atoms with Gasteiger partial charge in [-0.15, -0.1) is 0 Å². The summed E-state index contributed by atoms with van der Waals surface area (Å²) in [5.41, 5.74) is 5.11. The summed E-state index contributed by atoms with van der Waals surface area (Å²) in [6.07, 6.45) is 3.06. The zero-order valence-corrected chi connectivity index (χ0v) is 28.0. The molecule has 2 aromatic carbocycles.